The first kappa shape index (κ1) is 38.0. The molecular weight excluding hydrogens is 550 g/mol. The zero-order valence-corrected chi connectivity index (χ0v) is 26.1. The number of amides is 2. The Hall–Kier alpha value is -2.02. The van der Waals surface area contributed by atoms with E-state index in [1.165, 1.54) is 0 Å². The molecule has 0 spiro atoms. The summed E-state index contributed by atoms with van der Waals surface area (Å²) < 4.78 is 38.1. The number of terminal acetylenes is 1. The number of aliphatic hydroxyl groups is 1. The molecule has 244 valence electrons. The normalized spacial score (nSPS) is 16.1. The van der Waals surface area contributed by atoms with Gasteiger partial charge in [-0.25, -0.2) is 4.79 Å². The van der Waals surface area contributed by atoms with Crippen LogP contribution in [0.25, 0.3) is 0 Å². The van der Waals surface area contributed by atoms with Gasteiger partial charge >= 0.3 is 6.09 Å². The Morgan fingerprint density at radius 2 is 1.57 bits per heavy atom. The van der Waals surface area contributed by atoms with Crippen molar-refractivity contribution in [3.05, 3.63) is 0 Å². The monoisotopic (exact) mass is 603 g/mol. The third-order valence-electron chi connectivity index (χ3n) is 5.81. The van der Waals surface area contributed by atoms with Gasteiger partial charge in [0.15, 0.2) is 5.79 Å². The van der Waals surface area contributed by atoms with Crippen molar-refractivity contribution in [3.63, 3.8) is 0 Å². The molecule has 1 saturated heterocycles. The molecule has 13 heteroatoms. The number of nitrogens with zero attached hydrogens (tertiary/aromatic N) is 1. The average Bonchev–Trinajstić information content (AvgIpc) is 2.91. The van der Waals surface area contributed by atoms with Crippen LogP contribution >= 0.6 is 0 Å². The van der Waals surface area contributed by atoms with E-state index in [-0.39, 0.29) is 31.5 Å². The number of hydrogen-bond donors (Lipinski definition) is 3. The maximum atomic E-state index is 12.2. The van der Waals surface area contributed by atoms with Gasteiger partial charge in [0.2, 0.25) is 5.91 Å². The lowest BCUT2D eigenvalue weighted by Crippen LogP contribution is -2.53. The van der Waals surface area contributed by atoms with Gasteiger partial charge in [-0.2, -0.15) is 0 Å². The third kappa shape index (κ3) is 20.8. The van der Waals surface area contributed by atoms with Crippen LogP contribution in [0.1, 0.15) is 47.5 Å². The summed E-state index contributed by atoms with van der Waals surface area (Å²) in [5.74, 6) is 1.62. The molecule has 1 heterocycles. The van der Waals surface area contributed by atoms with Gasteiger partial charge < -0.3 is 48.9 Å². The SMILES string of the molecule is C#CCOCCOCCOCCOCCC(=O)NCCCN(C[C@@H](O)CNC(=O)OC(C)(C)C)C1COC(C)(C)OC1. The fourth-order valence-corrected chi connectivity index (χ4v) is 3.72. The molecule has 1 atom stereocenters. The highest BCUT2D eigenvalue weighted by Gasteiger charge is 2.32. The van der Waals surface area contributed by atoms with Gasteiger partial charge in [-0.05, 0) is 41.0 Å². The summed E-state index contributed by atoms with van der Waals surface area (Å²) in [6, 6.07) is -0.0695. The Bertz CT molecular complexity index is 775. The number of aliphatic hydroxyl groups excluding tert-OH is 1. The summed E-state index contributed by atoms with van der Waals surface area (Å²) in [7, 11) is 0. The molecule has 3 N–H and O–H groups in total. The number of alkyl carbamates (subject to hydrolysis) is 1. The third-order valence-corrected chi connectivity index (χ3v) is 5.81. The minimum absolute atomic E-state index is 0.0457. The number of nitrogens with one attached hydrogen (secondary N) is 2. The number of rotatable bonds is 22. The molecule has 0 bridgehead atoms. The van der Waals surface area contributed by atoms with Crippen molar-refractivity contribution in [2.24, 2.45) is 0 Å². The van der Waals surface area contributed by atoms with Crippen LogP contribution in [0.3, 0.4) is 0 Å². The maximum Gasteiger partial charge on any atom is 0.407 e. The lowest BCUT2D eigenvalue weighted by atomic mass is 10.2. The first-order valence-electron chi connectivity index (χ1n) is 14.6. The molecule has 1 aliphatic heterocycles. The van der Waals surface area contributed by atoms with E-state index in [2.05, 4.69) is 21.5 Å². The van der Waals surface area contributed by atoms with E-state index in [0.717, 1.165) is 0 Å². The van der Waals surface area contributed by atoms with Gasteiger partial charge in [0.25, 0.3) is 0 Å². The molecule has 0 saturated carbocycles. The quantitative estimate of drug-likeness (QED) is 0.120. The zero-order valence-electron chi connectivity index (χ0n) is 26.1. The summed E-state index contributed by atoms with van der Waals surface area (Å²) in [6.45, 7) is 14.6. The van der Waals surface area contributed by atoms with Gasteiger partial charge in [-0.3, -0.25) is 9.69 Å². The van der Waals surface area contributed by atoms with Crippen molar-refractivity contribution in [3.8, 4) is 12.3 Å². The number of hydrogen-bond acceptors (Lipinski definition) is 11. The Kier molecular flexibility index (Phi) is 19.6. The predicted octanol–water partition coefficient (Wildman–Crippen LogP) is 0.922. The van der Waals surface area contributed by atoms with Crippen LogP contribution in [0, 0.1) is 12.3 Å². The molecule has 42 heavy (non-hydrogen) atoms. The maximum absolute atomic E-state index is 12.2. The van der Waals surface area contributed by atoms with Gasteiger partial charge in [-0.1, -0.05) is 5.92 Å². The van der Waals surface area contributed by atoms with Crippen molar-refractivity contribution in [2.75, 3.05) is 92.2 Å². The van der Waals surface area contributed by atoms with Crippen LogP contribution < -0.4 is 10.6 Å². The first-order chi connectivity index (χ1) is 19.9. The van der Waals surface area contributed by atoms with E-state index in [1.54, 1.807) is 20.8 Å². The molecule has 2 amide bonds. The standard InChI is InChI=1S/C29H53N3O10/c1-7-12-36-14-16-38-18-19-39-17-15-37-13-9-26(34)30-10-8-11-32(24-22-40-29(5,6)41-23-24)21-25(33)20-31-27(35)42-28(2,3)4/h1,24-25,33H,8-23H2,2-6H3,(H,30,34)(H,31,35)/t25-/m0/s1. The van der Waals surface area contributed by atoms with Gasteiger partial charge in [-0.15, -0.1) is 6.42 Å². The molecule has 0 unspecified atom stereocenters. The second kappa shape index (κ2) is 21.6. The number of carbonyl (C=O) groups excluding carboxylic acids is 2. The predicted molar refractivity (Wildman–Crippen MR) is 156 cm³/mol. The summed E-state index contributed by atoms with van der Waals surface area (Å²) in [4.78, 5) is 26.2. The van der Waals surface area contributed by atoms with E-state index in [4.69, 9.17) is 39.6 Å². The van der Waals surface area contributed by atoms with Crippen LogP contribution in [0.4, 0.5) is 4.79 Å². The fraction of sp³-hybridized carbons (Fsp3) is 0.862. The van der Waals surface area contributed by atoms with Gasteiger partial charge in [0.1, 0.15) is 12.2 Å². The molecule has 0 aromatic carbocycles. The van der Waals surface area contributed by atoms with Crippen molar-refractivity contribution < 1.29 is 47.9 Å². The van der Waals surface area contributed by atoms with Crippen molar-refractivity contribution >= 4 is 12.0 Å². The van der Waals surface area contributed by atoms with Crippen LogP contribution in [0.15, 0.2) is 0 Å². The van der Waals surface area contributed by atoms with E-state index >= 15 is 0 Å². The molecular formula is C29H53N3O10. The first-order valence-corrected chi connectivity index (χ1v) is 14.6. The summed E-state index contributed by atoms with van der Waals surface area (Å²) in [5, 5.41) is 16.1. The minimum Gasteiger partial charge on any atom is -0.444 e. The molecule has 13 nitrogen and oxygen atoms in total. The Morgan fingerprint density at radius 3 is 2.14 bits per heavy atom. The molecule has 0 aromatic heterocycles. The average molecular weight is 604 g/mol. The highest BCUT2D eigenvalue weighted by atomic mass is 16.7. The molecule has 1 rings (SSSR count). The fourth-order valence-electron chi connectivity index (χ4n) is 3.72. The number of carbonyl (C=O) groups is 2. The van der Waals surface area contributed by atoms with E-state index in [0.29, 0.717) is 85.5 Å². The topological polar surface area (TPSA) is 146 Å². The number of ether oxygens (including phenoxy) is 7. The van der Waals surface area contributed by atoms with Crippen LogP contribution in [0.2, 0.25) is 0 Å². The molecule has 0 radical (unpaired) electrons. The second-order valence-electron chi connectivity index (χ2n) is 11.3. The molecule has 0 aliphatic carbocycles. The van der Waals surface area contributed by atoms with Crippen molar-refractivity contribution in [2.45, 2.75) is 71.0 Å². The van der Waals surface area contributed by atoms with Crippen molar-refractivity contribution in [1.29, 1.82) is 0 Å². The van der Waals surface area contributed by atoms with E-state index in [9.17, 15) is 14.7 Å². The lowest BCUT2D eigenvalue weighted by Gasteiger charge is -2.40. The smallest absolute Gasteiger partial charge is 0.407 e. The molecule has 1 fully saturated rings. The van der Waals surface area contributed by atoms with Crippen molar-refractivity contribution in [1.82, 2.24) is 15.5 Å². The summed E-state index contributed by atoms with van der Waals surface area (Å²) in [5.41, 5.74) is -0.620. The molecule has 1 aliphatic rings. The summed E-state index contributed by atoms with van der Waals surface area (Å²) in [6.07, 6.45) is 4.58. The molecule has 0 aromatic rings. The van der Waals surface area contributed by atoms with Gasteiger partial charge in [0.05, 0.1) is 71.6 Å². The Labute approximate surface area is 251 Å². The van der Waals surface area contributed by atoms with Gasteiger partial charge in [0, 0.05) is 32.6 Å². The van der Waals surface area contributed by atoms with Crippen LogP contribution in [-0.4, -0.2) is 138 Å². The van der Waals surface area contributed by atoms with Crippen LogP contribution in [0.5, 0.6) is 0 Å². The van der Waals surface area contributed by atoms with Crippen LogP contribution in [-0.2, 0) is 38.0 Å². The lowest BCUT2D eigenvalue weighted by molar-refractivity contribution is -0.264. The Morgan fingerprint density at radius 1 is 1.00 bits per heavy atom. The van der Waals surface area contributed by atoms with E-state index in [1.807, 2.05) is 13.8 Å². The Balaban J connectivity index is 2.23. The largest absolute Gasteiger partial charge is 0.444 e. The minimum atomic E-state index is -0.825. The zero-order chi connectivity index (χ0) is 31.3. The summed E-state index contributed by atoms with van der Waals surface area (Å²) >= 11 is 0. The second-order valence-corrected chi connectivity index (χ2v) is 11.3. The van der Waals surface area contributed by atoms with E-state index < -0.39 is 23.6 Å². The highest BCUT2D eigenvalue weighted by Crippen LogP contribution is 2.20. The highest BCUT2D eigenvalue weighted by molar-refractivity contribution is 5.75.